The van der Waals surface area contributed by atoms with Crippen LogP contribution in [0.3, 0.4) is 0 Å². The van der Waals surface area contributed by atoms with Crippen LogP contribution in [0.25, 0.3) is 0 Å². The molecular weight excluding hydrogens is 206 g/mol. The van der Waals surface area contributed by atoms with Gasteiger partial charge >= 0.3 is 0 Å². The largest absolute Gasteiger partial charge is 0.386 e. The second-order valence-electron chi connectivity index (χ2n) is 3.97. The van der Waals surface area contributed by atoms with E-state index >= 15 is 0 Å². The average Bonchev–Trinajstić information content (AvgIpc) is 2.19. The first-order valence-electron chi connectivity index (χ1n) is 5.71. The standard InChI is InChI=1S/C13H20ClN/c1-3-6-12(10-9-11(14)4-2)15-13-7-5-8-13/h4,9-10,13,15H,2-3,5-8H2,1H3/b11-9+,12-10+. The molecule has 1 aliphatic carbocycles. The topological polar surface area (TPSA) is 12.0 Å². The summed E-state index contributed by atoms with van der Waals surface area (Å²) in [5, 5.41) is 4.25. The van der Waals surface area contributed by atoms with Gasteiger partial charge in [0.2, 0.25) is 0 Å². The molecule has 1 fully saturated rings. The van der Waals surface area contributed by atoms with Gasteiger partial charge in [0.15, 0.2) is 0 Å². The Hall–Kier alpha value is -0.690. The fourth-order valence-electron chi connectivity index (χ4n) is 1.54. The molecule has 1 aliphatic rings. The Morgan fingerprint density at radius 2 is 2.20 bits per heavy atom. The van der Waals surface area contributed by atoms with E-state index in [1.54, 1.807) is 6.08 Å². The molecule has 1 N–H and O–H groups in total. The maximum atomic E-state index is 5.86. The van der Waals surface area contributed by atoms with E-state index in [9.17, 15) is 0 Å². The molecule has 0 aromatic heterocycles. The first-order valence-corrected chi connectivity index (χ1v) is 6.09. The summed E-state index contributed by atoms with van der Waals surface area (Å²) in [5.41, 5.74) is 1.29. The van der Waals surface area contributed by atoms with Crippen molar-refractivity contribution in [1.29, 1.82) is 0 Å². The van der Waals surface area contributed by atoms with Crippen LogP contribution in [0, 0.1) is 0 Å². The molecule has 0 aromatic rings. The number of hydrogen-bond donors (Lipinski definition) is 1. The molecule has 0 aliphatic heterocycles. The van der Waals surface area contributed by atoms with Gasteiger partial charge in [0, 0.05) is 16.8 Å². The van der Waals surface area contributed by atoms with E-state index in [1.165, 1.54) is 25.0 Å². The van der Waals surface area contributed by atoms with Crippen molar-refractivity contribution in [1.82, 2.24) is 5.32 Å². The Morgan fingerprint density at radius 1 is 1.47 bits per heavy atom. The lowest BCUT2D eigenvalue weighted by Gasteiger charge is -2.28. The van der Waals surface area contributed by atoms with Crippen LogP contribution in [-0.2, 0) is 0 Å². The lowest BCUT2D eigenvalue weighted by atomic mass is 9.92. The molecule has 1 rings (SSSR count). The van der Waals surface area contributed by atoms with Crippen molar-refractivity contribution >= 4 is 11.6 Å². The van der Waals surface area contributed by atoms with Crippen LogP contribution in [0.15, 0.2) is 35.5 Å². The van der Waals surface area contributed by atoms with Crippen molar-refractivity contribution in [3.63, 3.8) is 0 Å². The first-order chi connectivity index (χ1) is 7.26. The molecule has 1 nitrogen and oxygen atoms in total. The molecule has 2 heteroatoms. The molecule has 0 bridgehead atoms. The number of rotatable bonds is 6. The summed E-state index contributed by atoms with van der Waals surface area (Å²) in [6.45, 7) is 5.81. The normalized spacial score (nSPS) is 18.5. The Balaban J connectivity index is 2.50. The smallest absolute Gasteiger partial charge is 0.0400 e. The van der Waals surface area contributed by atoms with Crippen molar-refractivity contribution in [2.45, 2.75) is 45.1 Å². The van der Waals surface area contributed by atoms with Crippen LogP contribution < -0.4 is 5.32 Å². The van der Waals surface area contributed by atoms with Crippen molar-refractivity contribution in [2.75, 3.05) is 0 Å². The van der Waals surface area contributed by atoms with Crippen LogP contribution in [0.5, 0.6) is 0 Å². The Kier molecular flexibility index (Phi) is 5.56. The predicted octanol–water partition coefficient (Wildman–Crippen LogP) is 4.12. The predicted molar refractivity (Wildman–Crippen MR) is 67.9 cm³/mol. The maximum absolute atomic E-state index is 5.86. The maximum Gasteiger partial charge on any atom is 0.0400 e. The van der Waals surface area contributed by atoms with E-state index in [2.05, 4.69) is 24.9 Å². The van der Waals surface area contributed by atoms with Crippen LogP contribution in [0.4, 0.5) is 0 Å². The summed E-state index contributed by atoms with van der Waals surface area (Å²) in [5.74, 6) is 0. The van der Waals surface area contributed by atoms with Gasteiger partial charge in [0.1, 0.15) is 0 Å². The monoisotopic (exact) mass is 225 g/mol. The summed E-state index contributed by atoms with van der Waals surface area (Å²) in [7, 11) is 0. The van der Waals surface area contributed by atoms with Gasteiger partial charge in [-0.1, -0.05) is 37.6 Å². The number of halogens is 1. The highest BCUT2D eigenvalue weighted by molar-refractivity contribution is 6.31. The van der Waals surface area contributed by atoms with E-state index in [-0.39, 0.29) is 0 Å². The highest BCUT2D eigenvalue weighted by Gasteiger charge is 2.16. The van der Waals surface area contributed by atoms with E-state index < -0.39 is 0 Å². The van der Waals surface area contributed by atoms with E-state index in [1.807, 2.05) is 6.08 Å². The molecule has 0 radical (unpaired) electrons. The zero-order chi connectivity index (χ0) is 11.1. The van der Waals surface area contributed by atoms with Crippen LogP contribution >= 0.6 is 11.6 Å². The molecule has 0 atom stereocenters. The van der Waals surface area contributed by atoms with Crippen molar-refractivity contribution in [3.8, 4) is 0 Å². The third kappa shape index (κ3) is 4.57. The molecule has 15 heavy (non-hydrogen) atoms. The SMILES string of the molecule is C=C/C(Cl)=C\C=C(/CCC)NC1CCC1. The lowest BCUT2D eigenvalue weighted by molar-refractivity contribution is 0.360. The molecule has 0 aromatic carbocycles. The van der Waals surface area contributed by atoms with Crippen LogP contribution in [-0.4, -0.2) is 6.04 Å². The Morgan fingerprint density at radius 3 is 2.67 bits per heavy atom. The van der Waals surface area contributed by atoms with Gasteiger partial charge in [0.05, 0.1) is 0 Å². The zero-order valence-electron chi connectivity index (χ0n) is 9.43. The average molecular weight is 226 g/mol. The van der Waals surface area contributed by atoms with E-state index in [4.69, 9.17) is 11.6 Å². The molecule has 0 saturated heterocycles. The summed E-state index contributed by atoms with van der Waals surface area (Å²) >= 11 is 5.86. The minimum atomic E-state index is 0.693. The fourth-order valence-corrected chi connectivity index (χ4v) is 1.60. The van der Waals surface area contributed by atoms with Gasteiger partial charge in [-0.15, -0.1) is 0 Å². The molecule has 84 valence electrons. The second kappa shape index (κ2) is 6.73. The molecule has 0 spiro atoms. The highest BCUT2D eigenvalue weighted by Crippen LogP contribution is 2.20. The molecular formula is C13H20ClN. The van der Waals surface area contributed by atoms with E-state index in [0.29, 0.717) is 11.1 Å². The molecule has 0 heterocycles. The van der Waals surface area contributed by atoms with Crippen LogP contribution in [0.1, 0.15) is 39.0 Å². The van der Waals surface area contributed by atoms with Gasteiger partial charge in [0.25, 0.3) is 0 Å². The van der Waals surface area contributed by atoms with Gasteiger partial charge in [-0.3, -0.25) is 0 Å². The first kappa shape index (κ1) is 12.4. The third-order valence-corrected chi connectivity index (χ3v) is 2.93. The van der Waals surface area contributed by atoms with Crippen LogP contribution in [0.2, 0.25) is 0 Å². The molecule has 1 saturated carbocycles. The summed E-state index contributed by atoms with van der Waals surface area (Å²) in [6.07, 6.45) is 11.9. The van der Waals surface area contributed by atoms with Crippen molar-refractivity contribution < 1.29 is 0 Å². The van der Waals surface area contributed by atoms with Gasteiger partial charge in [-0.25, -0.2) is 0 Å². The summed E-state index contributed by atoms with van der Waals surface area (Å²) in [4.78, 5) is 0. The van der Waals surface area contributed by atoms with Crippen molar-refractivity contribution in [3.05, 3.63) is 35.5 Å². The molecule has 0 amide bonds. The number of nitrogens with one attached hydrogen (secondary N) is 1. The van der Waals surface area contributed by atoms with E-state index in [0.717, 1.165) is 12.8 Å². The third-order valence-electron chi connectivity index (χ3n) is 2.65. The van der Waals surface area contributed by atoms with Crippen molar-refractivity contribution in [2.24, 2.45) is 0 Å². The number of allylic oxidation sites excluding steroid dienone is 5. The summed E-state index contributed by atoms with van der Waals surface area (Å²) in [6, 6.07) is 0.693. The number of hydrogen-bond acceptors (Lipinski definition) is 1. The zero-order valence-corrected chi connectivity index (χ0v) is 10.2. The minimum absolute atomic E-state index is 0.693. The lowest BCUT2D eigenvalue weighted by Crippen LogP contribution is -2.34. The quantitative estimate of drug-likeness (QED) is 0.671. The Labute approximate surface area is 97.9 Å². The highest BCUT2D eigenvalue weighted by atomic mass is 35.5. The van der Waals surface area contributed by atoms with Gasteiger partial charge < -0.3 is 5.32 Å². The second-order valence-corrected chi connectivity index (χ2v) is 4.41. The van der Waals surface area contributed by atoms with Gasteiger partial charge in [-0.05, 0) is 37.8 Å². The summed E-state index contributed by atoms with van der Waals surface area (Å²) < 4.78 is 0. The Bertz CT molecular complexity index is 262. The minimum Gasteiger partial charge on any atom is -0.386 e. The van der Waals surface area contributed by atoms with Gasteiger partial charge in [-0.2, -0.15) is 0 Å². The fraction of sp³-hybridized carbons (Fsp3) is 0.538. The molecule has 0 unspecified atom stereocenters.